The molecule has 0 aromatic heterocycles. The van der Waals surface area contributed by atoms with E-state index in [0.717, 1.165) is 16.8 Å². The van der Waals surface area contributed by atoms with E-state index in [1.165, 1.54) is 4.90 Å². The van der Waals surface area contributed by atoms with Gasteiger partial charge < -0.3 is 0 Å². The number of hydrogen-bond donors (Lipinski definition) is 0. The van der Waals surface area contributed by atoms with Crippen LogP contribution in [0.1, 0.15) is 17.2 Å². The predicted octanol–water partition coefficient (Wildman–Crippen LogP) is 4.70. The van der Waals surface area contributed by atoms with E-state index >= 15 is 0 Å². The minimum atomic E-state index is -0.888. The first kappa shape index (κ1) is 18.9. The Morgan fingerprint density at radius 2 is 1.60 bits per heavy atom. The molecule has 6 heteroatoms. The van der Waals surface area contributed by atoms with Gasteiger partial charge in [0.2, 0.25) is 5.91 Å². The lowest BCUT2D eigenvalue weighted by atomic mass is 9.90. The molecule has 30 heavy (non-hydrogen) atoms. The lowest BCUT2D eigenvalue weighted by Gasteiger charge is -2.29. The number of halogens is 1. The molecule has 2 aliphatic rings. The number of benzene rings is 3. The van der Waals surface area contributed by atoms with Crippen LogP contribution in [0.4, 0.5) is 11.4 Å². The third-order valence-electron chi connectivity index (χ3n) is 5.67. The minimum Gasteiger partial charge on any atom is -0.273 e. The van der Waals surface area contributed by atoms with Crippen molar-refractivity contribution in [2.24, 2.45) is 5.92 Å². The van der Waals surface area contributed by atoms with Crippen molar-refractivity contribution in [3.63, 3.8) is 0 Å². The summed E-state index contributed by atoms with van der Waals surface area (Å²) < 4.78 is 0. The zero-order valence-corrected chi connectivity index (χ0v) is 17.0. The summed E-state index contributed by atoms with van der Waals surface area (Å²) in [5.74, 6) is -1.27. The molecule has 2 aliphatic heterocycles. The van der Waals surface area contributed by atoms with Gasteiger partial charge in [-0.25, -0.2) is 9.96 Å². The molecule has 2 heterocycles. The molecular weight excluding hydrogens is 400 g/mol. The average molecular weight is 419 g/mol. The van der Waals surface area contributed by atoms with Crippen LogP contribution in [0.25, 0.3) is 0 Å². The summed E-state index contributed by atoms with van der Waals surface area (Å²) in [6.07, 6.45) is -0.888. The number of hydroxylamine groups is 1. The fourth-order valence-corrected chi connectivity index (χ4v) is 4.49. The van der Waals surface area contributed by atoms with Crippen LogP contribution in [0.2, 0.25) is 5.02 Å². The van der Waals surface area contributed by atoms with E-state index in [2.05, 4.69) is 0 Å². The highest BCUT2D eigenvalue weighted by Crippen LogP contribution is 2.48. The van der Waals surface area contributed by atoms with E-state index in [1.807, 2.05) is 73.7 Å². The smallest absolute Gasteiger partial charge is 0.266 e. The van der Waals surface area contributed by atoms with Gasteiger partial charge in [0.25, 0.3) is 5.91 Å². The maximum absolute atomic E-state index is 13.6. The molecule has 3 atom stereocenters. The fraction of sp³-hybridized carbons (Fsp3) is 0.167. The molecule has 5 rings (SSSR count). The van der Waals surface area contributed by atoms with E-state index in [1.54, 1.807) is 17.2 Å². The van der Waals surface area contributed by atoms with Crippen molar-refractivity contribution in [3.05, 3.63) is 95.0 Å². The van der Waals surface area contributed by atoms with Gasteiger partial charge >= 0.3 is 0 Å². The zero-order valence-electron chi connectivity index (χ0n) is 16.2. The molecule has 0 radical (unpaired) electrons. The molecule has 0 unspecified atom stereocenters. The van der Waals surface area contributed by atoms with Crippen LogP contribution in [0.5, 0.6) is 0 Å². The third-order valence-corrected chi connectivity index (χ3v) is 5.91. The molecule has 2 amide bonds. The van der Waals surface area contributed by atoms with Gasteiger partial charge in [0.15, 0.2) is 6.10 Å². The Morgan fingerprint density at radius 3 is 2.33 bits per heavy atom. The molecule has 0 spiro atoms. The van der Waals surface area contributed by atoms with Gasteiger partial charge in [0.1, 0.15) is 5.92 Å². The van der Waals surface area contributed by atoms with Gasteiger partial charge in [-0.1, -0.05) is 60.1 Å². The van der Waals surface area contributed by atoms with E-state index in [4.69, 9.17) is 16.4 Å². The first-order chi connectivity index (χ1) is 14.6. The maximum atomic E-state index is 13.6. The average Bonchev–Trinajstić information content (AvgIpc) is 3.26. The van der Waals surface area contributed by atoms with Crippen LogP contribution in [-0.4, -0.2) is 17.9 Å². The third kappa shape index (κ3) is 2.90. The second kappa shape index (κ2) is 7.27. The minimum absolute atomic E-state index is 0.261. The normalized spacial score (nSPS) is 23.2. The lowest BCUT2D eigenvalue weighted by molar-refractivity contribution is -0.126. The van der Waals surface area contributed by atoms with E-state index in [9.17, 15) is 9.59 Å². The van der Waals surface area contributed by atoms with Gasteiger partial charge in [0, 0.05) is 5.02 Å². The molecule has 150 valence electrons. The second-order valence-corrected chi connectivity index (χ2v) is 7.95. The Morgan fingerprint density at radius 1 is 0.867 bits per heavy atom. The van der Waals surface area contributed by atoms with Crippen LogP contribution in [0.15, 0.2) is 78.9 Å². The van der Waals surface area contributed by atoms with Crippen LogP contribution >= 0.6 is 11.6 Å². The standard InChI is InChI=1S/C24H19ClN2O3/c1-15-8-5-6-13-19(15)26-23(28)20-21(16-9-7-10-17(25)14-16)27(30-22(20)24(26)29)18-11-3-2-4-12-18/h2-14,20-22H,1H3/t20-,21-,22+/m1/s1. The zero-order chi connectivity index (χ0) is 20.8. The van der Waals surface area contributed by atoms with Gasteiger partial charge in [0.05, 0.1) is 17.4 Å². The number of carbonyl (C=O) groups is 2. The number of amides is 2. The van der Waals surface area contributed by atoms with Crippen molar-refractivity contribution < 1.29 is 14.4 Å². The Labute approximate surface area is 179 Å². The summed E-state index contributed by atoms with van der Waals surface area (Å²) in [5, 5.41) is 2.24. The quantitative estimate of drug-likeness (QED) is 0.578. The van der Waals surface area contributed by atoms with Gasteiger partial charge in [-0.15, -0.1) is 0 Å². The van der Waals surface area contributed by atoms with Crippen LogP contribution in [0.3, 0.4) is 0 Å². The number of imide groups is 1. The number of aryl methyl sites for hydroxylation is 1. The summed E-state index contributed by atoms with van der Waals surface area (Å²) in [6, 6.07) is 23.7. The van der Waals surface area contributed by atoms with Crippen molar-refractivity contribution in [3.8, 4) is 0 Å². The largest absolute Gasteiger partial charge is 0.273 e. The highest BCUT2D eigenvalue weighted by Gasteiger charge is 2.60. The number of rotatable bonds is 3. The molecule has 2 saturated heterocycles. The number of carbonyl (C=O) groups excluding carboxylic acids is 2. The first-order valence-corrected chi connectivity index (χ1v) is 10.1. The molecule has 0 saturated carbocycles. The summed E-state index contributed by atoms with van der Waals surface area (Å²) in [6.45, 7) is 1.88. The topological polar surface area (TPSA) is 49.9 Å². The molecule has 0 aliphatic carbocycles. The number of anilines is 2. The maximum Gasteiger partial charge on any atom is 0.266 e. The lowest BCUT2D eigenvalue weighted by Crippen LogP contribution is -2.37. The van der Waals surface area contributed by atoms with Crippen LogP contribution in [0, 0.1) is 12.8 Å². The number of para-hydroxylation sites is 2. The molecule has 3 aromatic rings. The van der Waals surface area contributed by atoms with Gasteiger partial charge in [-0.3, -0.25) is 14.4 Å². The SMILES string of the molecule is Cc1ccccc1N1C(=O)[C@H]2[C@H](ON(c3ccccc3)[C@@H]2c2cccc(Cl)c2)C1=O. The summed E-state index contributed by atoms with van der Waals surface area (Å²) in [4.78, 5) is 34.3. The van der Waals surface area contributed by atoms with E-state index in [-0.39, 0.29) is 11.8 Å². The Balaban J connectivity index is 1.61. The van der Waals surface area contributed by atoms with Crippen molar-refractivity contribution in [1.82, 2.24) is 0 Å². The number of nitrogens with zero attached hydrogens (tertiary/aromatic N) is 2. The van der Waals surface area contributed by atoms with Crippen molar-refractivity contribution in [2.75, 3.05) is 9.96 Å². The molecule has 0 bridgehead atoms. The summed E-state index contributed by atoms with van der Waals surface area (Å²) in [7, 11) is 0. The molecule has 2 fully saturated rings. The summed E-state index contributed by atoms with van der Waals surface area (Å²) >= 11 is 6.25. The van der Waals surface area contributed by atoms with Crippen molar-refractivity contribution in [2.45, 2.75) is 19.1 Å². The highest BCUT2D eigenvalue weighted by molar-refractivity contribution is 6.30. The second-order valence-electron chi connectivity index (χ2n) is 7.51. The molecule has 3 aromatic carbocycles. The van der Waals surface area contributed by atoms with Crippen molar-refractivity contribution in [1.29, 1.82) is 0 Å². The monoisotopic (exact) mass is 418 g/mol. The van der Waals surface area contributed by atoms with E-state index < -0.39 is 18.1 Å². The first-order valence-electron chi connectivity index (χ1n) is 9.76. The van der Waals surface area contributed by atoms with Crippen LogP contribution < -0.4 is 9.96 Å². The Bertz CT molecular complexity index is 1130. The Hall–Kier alpha value is -3.15. The fourth-order valence-electron chi connectivity index (χ4n) is 4.29. The predicted molar refractivity (Wildman–Crippen MR) is 115 cm³/mol. The van der Waals surface area contributed by atoms with Gasteiger partial charge in [-0.2, -0.15) is 0 Å². The Kier molecular flexibility index (Phi) is 4.57. The molecular formula is C24H19ClN2O3. The number of fused-ring (bicyclic) bond motifs is 1. The number of hydrogen-bond acceptors (Lipinski definition) is 4. The molecule has 0 N–H and O–H groups in total. The van der Waals surface area contributed by atoms with Crippen molar-refractivity contribution >= 4 is 34.8 Å². The summed E-state index contributed by atoms with van der Waals surface area (Å²) in [5.41, 5.74) is 3.06. The van der Waals surface area contributed by atoms with Crippen LogP contribution in [-0.2, 0) is 14.4 Å². The van der Waals surface area contributed by atoms with E-state index in [0.29, 0.717) is 10.7 Å². The highest BCUT2D eigenvalue weighted by atomic mass is 35.5. The van der Waals surface area contributed by atoms with Gasteiger partial charge in [-0.05, 0) is 48.4 Å². The molecule has 5 nitrogen and oxygen atoms in total.